The molecule has 3 nitrogen and oxygen atoms in total. The highest BCUT2D eigenvalue weighted by Gasteiger charge is 2.14. The fourth-order valence-electron chi connectivity index (χ4n) is 1.81. The average molecular weight is 244 g/mol. The Morgan fingerprint density at radius 3 is 2.33 bits per heavy atom. The molecule has 1 unspecified atom stereocenters. The van der Waals surface area contributed by atoms with E-state index >= 15 is 0 Å². The number of para-hydroxylation sites is 1. The summed E-state index contributed by atoms with van der Waals surface area (Å²) in [5, 5.41) is 19.1. The molecule has 0 fully saturated rings. The molecule has 2 aromatic carbocycles. The first-order valence-electron chi connectivity index (χ1n) is 5.88. The summed E-state index contributed by atoms with van der Waals surface area (Å²) < 4.78 is 5.42. The summed E-state index contributed by atoms with van der Waals surface area (Å²) in [5.41, 5.74) is 1.52. The molecule has 2 N–H and O–H groups in total. The zero-order chi connectivity index (χ0) is 12.8. The molecular formula is C15H16O3. The van der Waals surface area contributed by atoms with Crippen molar-refractivity contribution in [2.45, 2.75) is 6.10 Å². The lowest BCUT2D eigenvalue weighted by Crippen LogP contribution is -2.07. The van der Waals surface area contributed by atoms with Crippen LogP contribution in [-0.2, 0) is 0 Å². The predicted octanol–water partition coefficient (Wildman–Crippen LogP) is 2.14. The quantitative estimate of drug-likeness (QED) is 0.847. The maximum absolute atomic E-state index is 10.3. The lowest BCUT2D eigenvalue weighted by Gasteiger charge is -2.16. The maximum Gasteiger partial charge on any atom is 0.125 e. The van der Waals surface area contributed by atoms with Crippen molar-refractivity contribution in [2.24, 2.45) is 0 Å². The van der Waals surface area contributed by atoms with E-state index < -0.39 is 6.10 Å². The van der Waals surface area contributed by atoms with Gasteiger partial charge in [-0.15, -0.1) is 0 Å². The molecule has 0 spiro atoms. The summed E-state index contributed by atoms with van der Waals surface area (Å²) in [7, 11) is 0. The minimum absolute atomic E-state index is 0.0459. The lowest BCUT2D eigenvalue weighted by atomic mass is 10.0. The van der Waals surface area contributed by atoms with Gasteiger partial charge in [-0.05, 0) is 11.6 Å². The van der Waals surface area contributed by atoms with Crippen LogP contribution in [0.5, 0.6) is 5.75 Å². The minimum Gasteiger partial charge on any atom is -0.491 e. The summed E-state index contributed by atoms with van der Waals surface area (Å²) in [6.07, 6.45) is -0.721. The topological polar surface area (TPSA) is 49.7 Å². The van der Waals surface area contributed by atoms with Crippen molar-refractivity contribution in [3.8, 4) is 5.75 Å². The predicted molar refractivity (Wildman–Crippen MR) is 69.5 cm³/mol. The zero-order valence-corrected chi connectivity index (χ0v) is 9.99. The second-order valence-electron chi connectivity index (χ2n) is 3.92. The standard InChI is InChI=1S/C15H16O3/c16-10-11-18-14-9-5-4-8-13(14)15(17)12-6-2-1-3-7-12/h1-9,15-17H,10-11H2. The van der Waals surface area contributed by atoms with Crippen LogP contribution >= 0.6 is 0 Å². The normalized spacial score (nSPS) is 12.1. The summed E-state index contributed by atoms with van der Waals surface area (Å²) in [4.78, 5) is 0. The number of ether oxygens (including phenoxy) is 1. The molecule has 0 saturated heterocycles. The van der Waals surface area contributed by atoms with Gasteiger partial charge in [-0.3, -0.25) is 0 Å². The fourth-order valence-corrected chi connectivity index (χ4v) is 1.81. The van der Waals surface area contributed by atoms with Crippen LogP contribution in [-0.4, -0.2) is 23.4 Å². The van der Waals surface area contributed by atoms with E-state index in [1.165, 1.54) is 0 Å². The third kappa shape index (κ3) is 2.88. The van der Waals surface area contributed by atoms with E-state index in [0.29, 0.717) is 11.3 Å². The molecular weight excluding hydrogens is 228 g/mol. The fraction of sp³-hybridized carbons (Fsp3) is 0.200. The van der Waals surface area contributed by atoms with Crippen LogP contribution < -0.4 is 4.74 Å². The first-order chi connectivity index (χ1) is 8.83. The van der Waals surface area contributed by atoms with Crippen molar-refractivity contribution in [1.29, 1.82) is 0 Å². The van der Waals surface area contributed by atoms with E-state index in [1.807, 2.05) is 48.5 Å². The van der Waals surface area contributed by atoms with Gasteiger partial charge in [0.2, 0.25) is 0 Å². The number of benzene rings is 2. The number of hydrogen-bond acceptors (Lipinski definition) is 3. The van der Waals surface area contributed by atoms with E-state index in [-0.39, 0.29) is 13.2 Å². The molecule has 18 heavy (non-hydrogen) atoms. The summed E-state index contributed by atoms with van der Waals surface area (Å²) in [6, 6.07) is 16.7. The molecule has 94 valence electrons. The molecule has 0 heterocycles. The van der Waals surface area contributed by atoms with Crippen molar-refractivity contribution >= 4 is 0 Å². The van der Waals surface area contributed by atoms with E-state index in [0.717, 1.165) is 5.56 Å². The second-order valence-corrected chi connectivity index (χ2v) is 3.92. The van der Waals surface area contributed by atoms with Gasteiger partial charge in [0.05, 0.1) is 6.61 Å². The Morgan fingerprint density at radius 2 is 1.61 bits per heavy atom. The first kappa shape index (κ1) is 12.6. The summed E-state index contributed by atoms with van der Waals surface area (Å²) in [5.74, 6) is 0.600. The number of hydrogen-bond donors (Lipinski definition) is 2. The molecule has 0 bridgehead atoms. The second kappa shape index (κ2) is 6.19. The van der Waals surface area contributed by atoms with Crippen molar-refractivity contribution in [2.75, 3.05) is 13.2 Å². The van der Waals surface area contributed by atoms with Gasteiger partial charge < -0.3 is 14.9 Å². The van der Waals surface area contributed by atoms with E-state index in [9.17, 15) is 5.11 Å². The van der Waals surface area contributed by atoms with Crippen molar-refractivity contribution in [1.82, 2.24) is 0 Å². The maximum atomic E-state index is 10.3. The number of rotatable bonds is 5. The Kier molecular flexibility index (Phi) is 4.34. The van der Waals surface area contributed by atoms with E-state index in [1.54, 1.807) is 6.07 Å². The highest BCUT2D eigenvalue weighted by Crippen LogP contribution is 2.29. The Bertz CT molecular complexity index is 482. The summed E-state index contributed by atoms with van der Waals surface area (Å²) >= 11 is 0. The highest BCUT2D eigenvalue weighted by molar-refractivity contribution is 5.40. The van der Waals surface area contributed by atoms with Crippen LogP contribution in [0.3, 0.4) is 0 Å². The third-order valence-corrected chi connectivity index (χ3v) is 2.68. The smallest absolute Gasteiger partial charge is 0.125 e. The van der Waals surface area contributed by atoms with Crippen LogP contribution in [0.4, 0.5) is 0 Å². The van der Waals surface area contributed by atoms with Crippen molar-refractivity contribution in [3.63, 3.8) is 0 Å². The zero-order valence-electron chi connectivity index (χ0n) is 9.99. The molecule has 1 atom stereocenters. The van der Waals surface area contributed by atoms with Gasteiger partial charge in [-0.25, -0.2) is 0 Å². The lowest BCUT2D eigenvalue weighted by molar-refractivity contribution is 0.186. The van der Waals surface area contributed by atoms with Gasteiger partial charge in [0.15, 0.2) is 0 Å². The van der Waals surface area contributed by atoms with E-state index in [2.05, 4.69) is 0 Å². The average Bonchev–Trinajstić information content (AvgIpc) is 2.45. The van der Waals surface area contributed by atoms with Crippen LogP contribution in [0, 0.1) is 0 Å². The molecule has 2 rings (SSSR count). The highest BCUT2D eigenvalue weighted by atomic mass is 16.5. The Morgan fingerprint density at radius 1 is 0.944 bits per heavy atom. The van der Waals surface area contributed by atoms with Crippen LogP contribution in [0.25, 0.3) is 0 Å². The van der Waals surface area contributed by atoms with Gasteiger partial charge in [0, 0.05) is 5.56 Å². The minimum atomic E-state index is -0.721. The largest absolute Gasteiger partial charge is 0.491 e. The van der Waals surface area contributed by atoms with Gasteiger partial charge in [-0.1, -0.05) is 48.5 Å². The SMILES string of the molecule is OCCOc1ccccc1C(O)c1ccccc1. The molecule has 0 amide bonds. The summed E-state index contributed by atoms with van der Waals surface area (Å²) in [6.45, 7) is 0.175. The van der Waals surface area contributed by atoms with Crippen molar-refractivity contribution in [3.05, 3.63) is 65.7 Å². The third-order valence-electron chi connectivity index (χ3n) is 2.68. The number of aliphatic hydroxyl groups is 2. The van der Waals surface area contributed by atoms with Crippen LogP contribution in [0.1, 0.15) is 17.2 Å². The monoisotopic (exact) mass is 244 g/mol. The van der Waals surface area contributed by atoms with Gasteiger partial charge >= 0.3 is 0 Å². The molecule has 2 aromatic rings. The number of aliphatic hydroxyl groups excluding tert-OH is 2. The first-order valence-corrected chi connectivity index (χ1v) is 5.88. The van der Waals surface area contributed by atoms with Crippen LogP contribution in [0.15, 0.2) is 54.6 Å². The van der Waals surface area contributed by atoms with Crippen LogP contribution in [0.2, 0.25) is 0 Å². The Labute approximate surface area is 106 Å². The molecule has 0 aliphatic rings. The van der Waals surface area contributed by atoms with Gasteiger partial charge in [-0.2, -0.15) is 0 Å². The van der Waals surface area contributed by atoms with Crippen molar-refractivity contribution < 1.29 is 14.9 Å². The molecule has 0 saturated carbocycles. The molecule has 0 aliphatic carbocycles. The molecule has 3 heteroatoms. The van der Waals surface area contributed by atoms with Gasteiger partial charge in [0.25, 0.3) is 0 Å². The molecule has 0 aromatic heterocycles. The molecule has 0 radical (unpaired) electrons. The Balaban J connectivity index is 2.27. The Hall–Kier alpha value is -1.84. The van der Waals surface area contributed by atoms with E-state index in [4.69, 9.17) is 9.84 Å². The van der Waals surface area contributed by atoms with Gasteiger partial charge in [0.1, 0.15) is 18.5 Å². The molecule has 0 aliphatic heterocycles.